The average molecular weight is 506 g/mol. The molecule has 1 aliphatic rings. The molecule has 1 fully saturated rings. The quantitative estimate of drug-likeness (QED) is 0.344. The van der Waals surface area contributed by atoms with E-state index in [0.717, 1.165) is 17.4 Å². The molecule has 1 aliphatic carbocycles. The van der Waals surface area contributed by atoms with E-state index in [1.54, 1.807) is 37.2 Å². The zero-order valence-electron chi connectivity index (χ0n) is 21.0. The van der Waals surface area contributed by atoms with Crippen molar-refractivity contribution < 1.29 is 14.4 Å². The SMILES string of the molecule is CN(C)CC(=O)Nc1cc(C#CCn2c(=O)n(C)c(=O)c3c2nc(C=O)n3C)cc(NC(=O)C2CC2)c1. The van der Waals surface area contributed by atoms with Crippen LogP contribution in [-0.2, 0) is 30.2 Å². The van der Waals surface area contributed by atoms with Gasteiger partial charge in [-0.1, -0.05) is 11.8 Å². The summed E-state index contributed by atoms with van der Waals surface area (Å²) in [5.41, 5.74) is 0.444. The standard InChI is InChI=1S/C25H27N7O5/c1-29(2)13-20(34)26-17-10-15(11-18(12-17)27-23(35)16-7-8-16)6-5-9-32-22-21(24(36)31(4)25(32)37)30(3)19(14-33)28-22/h10-12,14,16H,7-9,13H2,1-4H3,(H,26,34)(H,27,35). The number of imidazole rings is 1. The molecule has 192 valence electrons. The van der Waals surface area contributed by atoms with Gasteiger partial charge >= 0.3 is 5.69 Å². The lowest BCUT2D eigenvalue weighted by Gasteiger charge is -2.12. The van der Waals surface area contributed by atoms with E-state index in [4.69, 9.17) is 0 Å². The predicted molar refractivity (Wildman–Crippen MR) is 137 cm³/mol. The lowest BCUT2D eigenvalue weighted by atomic mass is 10.1. The van der Waals surface area contributed by atoms with Gasteiger partial charge in [0.05, 0.1) is 13.1 Å². The molecule has 0 atom stereocenters. The van der Waals surface area contributed by atoms with Gasteiger partial charge in [0, 0.05) is 37.0 Å². The number of carbonyl (C=O) groups excluding carboxylic acids is 3. The van der Waals surface area contributed by atoms with Crippen LogP contribution in [0.1, 0.15) is 29.0 Å². The van der Waals surface area contributed by atoms with Crippen LogP contribution in [0.5, 0.6) is 0 Å². The number of benzene rings is 1. The van der Waals surface area contributed by atoms with Crippen molar-refractivity contribution in [1.29, 1.82) is 0 Å². The van der Waals surface area contributed by atoms with Crippen LogP contribution >= 0.6 is 0 Å². The summed E-state index contributed by atoms with van der Waals surface area (Å²) in [7, 11) is 6.42. The highest BCUT2D eigenvalue weighted by atomic mass is 16.2. The number of nitrogens with zero attached hydrogens (tertiary/aromatic N) is 5. The maximum Gasteiger partial charge on any atom is 0.333 e. The molecule has 0 radical (unpaired) electrons. The van der Waals surface area contributed by atoms with Gasteiger partial charge in [0.1, 0.15) is 0 Å². The molecule has 1 aromatic carbocycles. The minimum absolute atomic E-state index is 0.00448. The number of nitrogens with one attached hydrogen (secondary N) is 2. The van der Waals surface area contributed by atoms with Gasteiger partial charge < -0.3 is 20.1 Å². The first kappa shape index (κ1) is 25.6. The second-order valence-corrected chi connectivity index (χ2v) is 9.20. The predicted octanol–water partition coefficient (Wildman–Crippen LogP) is 0.146. The van der Waals surface area contributed by atoms with Crippen LogP contribution in [0.3, 0.4) is 0 Å². The van der Waals surface area contributed by atoms with Gasteiger partial charge in [0.15, 0.2) is 23.3 Å². The third-order valence-electron chi connectivity index (χ3n) is 5.86. The van der Waals surface area contributed by atoms with Crippen LogP contribution in [0, 0.1) is 17.8 Å². The van der Waals surface area contributed by atoms with Gasteiger partial charge in [-0.05, 0) is 45.1 Å². The summed E-state index contributed by atoms with van der Waals surface area (Å²) in [6.07, 6.45) is 2.20. The van der Waals surface area contributed by atoms with Crippen LogP contribution in [-0.4, -0.2) is 62.3 Å². The normalized spacial score (nSPS) is 12.8. The number of anilines is 2. The number of carbonyl (C=O) groups is 3. The topological polar surface area (TPSA) is 140 Å². The highest BCUT2D eigenvalue weighted by Gasteiger charge is 2.29. The van der Waals surface area contributed by atoms with Crippen molar-refractivity contribution in [2.45, 2.75) is 19.4 Å². The molecule has 12 nitrogen and oxygen atoms in total. The first-order chi connectivity index (χ1) is 17.6. The molecule has 4 rings (SSSR count). The van der Waals surface area contributed by atoms with E-state index in [2.05, 4.69) is 27.5 Å². The second-order valence-electron chi connectivity index (χ2n) is 9.20. The van der Waals surface area contributed by atoms with E-state index < -0.39 is 11.2 Å². The Morgan fingerprint density at radius 2 is 1.78 bits per heavy atom. The van der Waals surface area contributed by atoms with E-state index >= 15 is 0 Å². The van der Waals surface area contributed by atoms with Gasteiger partial charge in [-0.15, -0.1) is 0 Å². The van der Waals surface area contributed by atoms with E-state index in [1.165, 1.54) is 23.2 Å². The van der Waals surface area contributed by atoms with Crippen molar-refractivity contribution in [3.05, 3.63) is 50.4 Å². The number of aryl methyl sites for hydroxylation is 1. The molecule has 0 spiro atoms. The number of likely N-dealkylation sites (N-methyl/N-ethyl adjacent to an activating group) is 1. The Morgan fingerprint density at radius 3 is 2.41 bits per heavy atom. The van der Waals surface area contributed by atoms with Gasteiger partial charge in [-0.2, -0.15) is 0 Å². The summed E-state index contributed by atoms with van der Waals surface area (Å²) >= 11 is 0. The molecule has 0 aliphatic heterocycles. The van der Waals surface area contributed by atoms with E-state index in [9.17, 15) is 24.0 Å². The summed E-state index contributed by atoms with van der Waals surface area (Å²) in [4.78, 5) is 67.2. The first-order valence-electron chi connectivity index (χ1n) is 11.6. The maximum absolute atomic E-state index is 12.8. The fourth-order valence-electron chi connectivity index (χ4n) is 3.84. The third kappa shape index (κ3) is 5.52. The molecule has 1 saturated carbocycles. The Kier molecular flexibility index (Phi) is 7.08. The number of rotatable bonds is 7. The lowest BCUT2D eigenvalue weighted by molar-refractivity contribution is -0.117. The van der Waals surface area contributed by atoms with Crippen molar-refractivity contribution >= 4 is 40.6 Å². The number of aromatic nitrogens is 4. The molecule has 2 N–H and O–H groups in total. The highest BCUT2D eigenvalue weighted by molar-refractivity contribution is 5.96. The van der Waals surface area contributed by atoms with Gasteiger partial charge in [-0.25, -0.2) is 9.78 Å². The molecule has 2 heterocycles. The average Bonchev–Trinajstić information content (AvgIpc) is 3.62. The van der Waals surface area contributed by atoms with Gasteiger partial charge in [0.25, 0.3) is 5.56 Å². The zero-order valence-corrected chi connectivity index (χ0v) is 21.0. The van der Waals surface area contributed by atoms with Crippen molar-refractivity contribution in [3.63, 3.8) is 0 Å². The number of hydrogen-bond donors (Lipinski definition) is 2. The third-order valence-corrected chi connectivity index (χ3v) is 5.86. The Labute approximate surface area is 211 Å². The molecular formula is C25H27N7O5. The lowest BCUT2D eigenvalue weighted by Crippen LogP contribution is -2.38. The van der Waals surface area contributed by atoms with Crippen LogP contribution in [0.4, 0.5) is 11.4 Å². The molecule has 3 aromatic rings. The summed E-state index contributed by atoms with van der Waals surface area (Å²) in [6, 6.07) is 5.01. The second kappa shape index (κ2) is 10.2. The van der Waals surface area contributed by atoms with Crippen LogP contribution in [0.2, 0.25) is 0 Å². The number of amides is 2. The minimum Gasteiger partial charge on any atom is -0.326 e. The monoisotopic (exact) mass is 505 g/mol. The Balaban J connectivity index is 1.69. The molecule has 0 unspecified atom stereocenters. The smallest absolute Gasteiger partial charge is 0.326 e. The van der Waals surface area contributed by atoms with Crippen LogP contribution in [0.25, 0.3) is 11.2 Å². The Bertz CT molecular complexity index is 1600. The maximum atomic E-state index is 12.8. The zero-order chi connectivity index (χ0) is 26.9. The molecule has 0 bridgehead atoms. The number of aldehydes is 1. The number of hydrogen-bond acceptors (Lipinski definition) is 7. The minimum atomic E-state index is -0.621. The largest absolute Gasteiger partial charge is 0.333 e. The van der Waals surface area contributed by atoms with Crippen LogP contribution < -0.4 is 21.9 Å². The highest BCUT2D eigenvalue weighted by Crippen LogP contribution is 2.30. The van der Waals surface area contributed by atoms with E-state index in [-0.39, 0.29) is 47.8 Å². The molecule has 12 heteroatoms. The van der Waals surface area contributed by atoms with E-state index in [1.807, 2.05) is 0 Å². The Morgan fingerprint density at radius 1 is 1.11 bits per heavy atom. The summed E-state index contributed by atoms with van der Waals surface area (Å²) in [5.74, 6) is 5.54. The van der Waals surface area contributed by atoms with Crippen molar-refractivity contribution in [3.8, 4) is 11.8 Å². The fraction of sp³-hybridized carbons (Fsp3) is 0.360. The molecule has 37 heavy (non-hydrogen) atoms. The van der Waals surface area contributed by atoms with Gasteiger partial charge in [-0.3, -0.25) is 28.3 Å². The van der Waals surface area contributed by atoms with Crippen molar-refractivity contribution in [2.75, 3.05) is 31.3 Å². The summed E-state index contributed by atoms with van der Waals surface area (Å²) < 4.78 is 3.49. The van der Waals surface area contributed by atoms with Crippen LogP contribution in [0.15, 0.2) is 27.8 Å². The fourth-order valence-corrected chi connectivity index (χ4v) is 3.84. The Hall–Kier alpha value is -4.50. The molecule has 0 saturated heterocycles. The van der Waals surface area contributed by atoms with E-state index in [0.29, 0.717) is 23.2 Å². The molecule has 2 aromatic heterocycles. The summed E-state index contributed by atoms with van der Waals surface area (Å²) in [5, 5.41) is 5.67. The molecular weight excluding hydrogens is 478 g/mol. The molecule has 2 amide bonds. The van der Waals surface area contributed by atoms with Crippen molar-refractivity contribution in [2.24, 2.45) is 20.0 Å². The first-order valence-corrected chi connectivity index (χ1v) is 11.6. The van der Waals surface area contributed by atoms with Gasteiger partial charge in [0.2, 0.25) is 11.8 Å². The number of fused-ring (bicyclic) bond motifs is 1. The summed E-state index contributed by atoms with van der Waals surface area (Å²) in [6.45, 7) is 0.0674. The van der Waals surface area contributed by atoms with Crippen molar-refractivity contribution in [1.82, 2.24) is 23.6 Å².